The van der Waals surface area contributed by atoms with Crippen LogP contribution in [0.25, 0.3) is 17.0 Å². The maximum Gasteiger partial charge on any atom is 0.243 e. The summed E-state index contributed by atoms with van der Waals surface area (Å²) < 4.78 is 32.3. The van der Waals surface area contributed by atoms with Gasteiger partial charge in [0.25, 0.3) is 0 Å². The molecule has 0 fully saturated rings. The number of quaternary nitrogens is 3. The van der Waals surface area contributed by atoms with E-state index in [2.05, 4.69) is 108 Å². The van der Waals surface area contributed by atoms with Crippen molar-refractivity contribution in [3.8, 4) is 0 Å². The van der Waals surface area contributed by atoms with Gasteiger partial charge in [-0.25, -0.2) is 8.42 Å². The summed E-state index contributed by atoms with van der Waals surface area (Å²) in [6.45, 7) is 5.77. The van der Waals surface area contributed by atoms with Crippen LogP contribution in [0.1, 0.15) is 25.8 Å². The fourth-order valence-electron chi connectivity index (χ4n) is 5.58. The summed E-state index contributed by atoms with van der Waals surface area (Å²) in [5, 5.41) is 2.30. The lowest BCUT2D eigenvalue weighted by atomic mass is 10.1. The molecule has 1 aromatic heterocycles. The Morgan fingerprint density at radius 3 is 2.36 bits per heavy atom. The Hall–Kier alpha value is -2.47. The van der Waals surface area contributed by atoms with E-state index in [1.165, 1.54) is 39.6 Å². The van der Waals surface area contributed by atoms with Gasteiger partial charge >= 0.3 is 0 Å². The van der Waals surface area contributed by atoms with Crippen LogP contribution in [0.15, 0.2) is 69.5 Å². The number of rotatable bonds is 14. The molecule has 0 aliphatic carbocycles. The molecular formula is C35H58N6O2S2+4. The second kappa shape index (κ2) is 15.0. The van der Waals surface area contributed by atoms with E-state index in [1.54, 1.807) is 24.9 Å². The summed E-state index contributed by atoms with van der Waals surface area (Å²) in [6, 6.07) is 16.3. The first-order chi connectivity index (χ1) is 20.6. The summed E-state index contributed by atoms with van der Waals surface area (Å²) in [5.74, 6) is 0. The molecule has 0 unspecified atom stereocenters. The number of hydrogen-bond donors (Lipinski definition) is 1. The molecule has 2 aromatic carbocycles. The van der Waals surface area contributed by atoms with Gasteiger partial charge in [0.15, 0.2) is 12.7 Å². The standard InChI is InChI=1S/C34H53N6O2S2.CH4/c1-35(2)19-12-23-40(8,9)24-13-20-38-21-18-28(30-14-10-11-15-31(30)38)26-34-37(4)32-17-16-29(27-33(32)43-34)44(41,42)36(3)22-25-39(5,6)7;/h10-11,14-18,21,26-27H,12-13,19-20,22-25H2,1-9H3;1H4/q+3;/p+1. The van der Waals surface area contributed by atoms with E-state index in [0.29, 0.717) is 15.9 Å². The van der Waals surface area contributed by atoms with Gasteiger partial charge in [-0.15, -0.1) is 0 Å². The van der Waals surface area contributed by atoms with Crippen molar-refractivity contribution in [2.45, 2.75) is 36.6 Å². The highest BCUT2D eigenvalue weighted by molar-refractivity contribution is 8.04. The molecule has 0 atom stereocenters. The Labute approximate surface area is 277 Å². The number of para-hydroxylation sites is 1. The molecule has 1 aliphatic heterocycles. The minimum atomic E-state index is -3.57. The fourth-order valence-corrected chi connectivity index (χ4v) is 7.99. The van der Waals surface area contributed by atoms with E-state index < -0.39 is 10.0 Å². The van der Waals surface area contributed by atoms with Crippen molar-refractivity contribution in [3.63, 3.8) is 0 Å². The molecule has 45 heavy (non-hydrogen) atoms. The van der Waals surface area contributed by atoms with Crippen LogP contribution >= 0.6 is 11.8 Å². The predicted octanol–water partition coefficient (Wildman–Crippen LogP) is 3.63. The first-order valence-corrected chi connectivity index (χ1v) is 17.9. The molecule has 0 spiro atoms. The third-order valence-corrected chi connectivity index (χ3v) is 11.5. The monoisotopic (exact) mass is 658 g/mol. The molecule has 0 saturated carbocycles. The minimum Gasteiger partial charge on any atom is -0.340 e. The molecule has 0 amide bonds. The SMILES string of the molecule is C.CN1C(=Cc2cc[n+](CCC[N+](C)(C)CCC[NH+](C)C)c3ccccc23)Sc2cc(S(=O)(=O)N(C)CC[N+](C)(C)C)ccc21. The number of fused-ring (bicyclic) bond motifs is 2. The lowest BCUT2D eigenvalue weighted by Crippen LogP contribution is -3.05. The molecule has 0 saturated heterocycles. The van der Waals surface area contributed by atoms with E-state index in [0.717, 1.165) is 51.7 Å². The Morgan fingerprint density at radius 2 is 1.67 bits per heavy atom. The van der Waals surface area contributed by atoms with Gasteiger partial charge in [-0.2, -0.15) is 8.87 Å². The second-order valence-corrected chi connectivity index (χ2v) is 17.2. The van der Waals surface area contributed by atoms with Crippen molar-refractivity contribution in [1.82, 2.24) is 4.31 Å². The smallest absolute Gasteiger partial charge is 0.243 e. The average molecular weight is 659 g/mol. The van der Waals surface area contributed by atoms with Crippen molar-refractivity contribution >= 4 is 44.5 Å². The van der Waals surface area contributed by atoms with Crippen LogP contribution in [0.3, 0.4) is 0 Å². The Kier molecular flexibility index (Phi) is 12.3. The van der Waals surface area contributed by atoms with Crippen molar-refractivity contribution in [2.24, 2.45) is 0 Å². The normalized spacial score (nSPS) is 14.9. The van der Waals surface area contributed by atoms with Gasteiger partial charge in [0.1, 0.15) is 0 Å². The molecule has 1 aliphatic rings. The van der Waals surface area contributed by atoms with E-state index in [1.807, 2.05) is 12.1 Å². The molecule has 2 heterocycles. The number of benzene rings is 2. The summed E-state index contributed by atoms with van der Waals surface area (Å²) in [7, 11) is 15.5. The number of aryl methyl sites for hydroxylation is 1. The highest BCUT2D eigenvalue weighted by atomic mass is 32.2. The fraction of sp³-hybridized carbons (Fsp3) is 0.514. The maximum absolute atomic E-state index is 13.4. The predicted molar refractivity (Wildman–Crippen MR) is 191 cm³/mol. The number of sulfonamides is 1. The largest absolute Gasteiger partial charge is 0.340 e. The van der Waals surface area contributed by atoms with Crippen LogP contribution in [0, 0.1) is 0 Å². The van der Waals surface area contributed by atoms with Crippen LogP contribution in [0.5, 0.6) is 0 Å². The first-order valence-electron chi connectivity index (χ1n) is 15.6. The molecule has 0 bridgehead atoms. The van der Waals surface area contributed by atoms with E-state index in [9.17, 15) is 8.42 Å². The summed E-state index contributed by atoms with van der Waals surface area (Å²) in [4.78, 5) is 4.97. The topological polar surface area (TPSA) is 48.9 Å². The summed E-state index contributed by atoms with van der Waals surface area (Å²) in [6.07, 6.45) is 6.82. The number of aromatic nitrogens is 1. The summed E-state index contributed by atoms with van der Waals surface area (Å²) in [5.41, 5.74) is 3.42. The first kappa shape index (κ1) is 37.0. The number of nitrogens with one attached hydrogen (secondary N) is 1. The molecule has 1 N–H and O–H groups in total. The number of pyridine rings is 1. The van der Waals surface area contributed by atoms with Crippen LogP contribution in [0.4, 0.5) is 5.69 Å². The molecule has 4 rings (SSSR count). The Morgan fingerprint density at radius 1 is 0.978 bits per heavy atom. The lowest BCUT2D eigenvalue weighted by molar-refractivity contribution is -0.901. The van der Waals surface area contributed by atoms with Crippen molar-refractivity contribution < 1.29 is 26.9 Å². The number of nitrogens with zero attached hydrogens (tertiary/aromatic N) is 5. The maximum atomic E-state index is 13.4. The Balaban J connectivity index is 0.00000552. The minimum absolute atomic E-state index is 0. The molecular weight excluding hydrogens is 601 g/mol. The van der Waals surface area contributed by atoms with Gasteiger partial charge in [0.2, 0.25) is 15.5 Å². The molecule has 248 valence electrons. The van der Waals surface area contributed by atoms with Crippen molar-refractivity contribution in [3.05, 3.63) is 65.3 Å². The van der Waals surface area contributed by atoms with Crippen molar-refractivity contribution in [2.75, 3.05) is 101 Å². The van der Waals surface area contributed by atoms with Crippen LogP contribution < -0.4 is 14.4 Å². The van der Waals surface area contributed by atoms with Crippen LogP contribution in [0.2, 0.25) is 0 Å². The van der Waals surface area contributed by atoms with Crippen LogP contribution in [-0.4, -0.2) is 118 Å². The van der Waals surface area contributed by atoms with Gasteiger partial charge in [-0.3, -0.25) is 0 Å². The zero-order valence-electron chi connectivity index (χ0n) is 28.3. The van der Waals surface area contributed by atoms with Gasteiger partial charge in [-0.05, 0) is 35.9 Å². The number of anilines is 1. The van der Waals surface area contributed by atoms with Gasteiger partial charge < -0.3 is 18.8 Å². The zero-order chi connectivity index (χ0) is 32.3. The zero-order valence-corrected chi connectivity index (χ0v) is 29.9. The number of hydrogen-bond acceptors (Lipinski definition) is 4. The van der Waals surface area contributed by atoms with Gasteiger partial charge in [-0.1, -0.05) is 31.3 Å². The molecule has 8 nitrogen and oxygen atoms in total. The van der Waals surface area contributed by atoms with Gasteiger partial charge in [0, 0.05) is 37.5 Å². The highest BCUT2D eigenvalue weighted by Gasteiger charge is 2.28. The third-order valence-electron chi connectivity index (χ3n) is 8.47. The molecule has 10 heteroatoms. The quantitative estimate of drug-likeness (QED) is 0.213. The third kappa shape index (κ3) is 9.53. The van der Waals surface area contributed by atoms with Gasteiger partial charge in [0.05, 0.1) is 109 Å². The van der Waals surface area contributed by atoms with Crippen LogP contribution in [-0.2, 0) is 16.6 Å². The van der Waals surface area contributed by atoms with E-state index in [-0.39, 0.29) is 7.43 Å². The molecule has 0 radical (unpaired) electrons. The van der Waals surface area contributed by atoms with Crippen molar-refractivity contribution in [1.29, 1.82) is 0 Å². The second-order valence-electron chi connectivity index (χ2n) is 14.1. The number of thioether (sulfide) groups is 1. The highest BCUT2D eigenvalue weighted by Crippen LogP contribution is 2.47. The Bertz CT molecular complexity index is 1600. The molecule has 3 aromatic rings. The lowest BCUT2D eigenvalue weighted by Gasteiger charge is -2.29. The number of likely N-dealkylation sites (N-methyl/N-ethyl adjacent to an activating group) is 2. The van der Waals surface area contributed by atoms with E-state index in [4.69, 9.17) is 0 Å². The summed E-state index contributed by atoms with van der Waals surface area (Å²) >= 11 is 1.63. The van der Waals surface area contributed by atoms with E-state index >= 15 is 0 Å². The average Bonchev–Trinajstić information content (AvgIpc) is 3.26.